The molecule has 152 valence electrons. The molecule has 4 rings (SSSR count). The molecule has 1 N–H and O–H groups in total. The van der Waals surface area contributed by atoms with Crippen molar-refractivity contribution in [1.29, 1.82) is 0 Å². The third-order valence-electron chi connectivity index (χ3n) is 5.04. The Hall–Kier alpha value is -1.93. The van der Waals surface area contributed by atoms with Crippen LogP contribution in [0.4, 0.5) is 0 Å². The standard InChI is InChI=1S/C20H27N3O4S/c1-12(21-13(2)24)9-25-16-7-15(8-16)11-26-18-6-5-17-19(23-18)28-20(22-17)27-10-14-3-4-14/h5-6,12,14-16H,3-4,7-11H2,1-2H3,(H,21,24)/t12-,15?,16?/m0/s1. The van der Waals surface area contributed by atoms with E-state index in [9.17, 15) is 4.79 Å². The van der Waals surface area contributed by atoms with Gasteiger partial charge in [-0.1, -0.05) is 11.3 Å². The molecule has 7 nitrogen and oxygen atoms in total. The quantitative estimate of drug-likeness (QED) is 0.654. The van der Waals surface area contributed by atoms with Crippen LogP contribution in [0.2, 0.25) is 0 Å². The molecule has 2 aromatic rings. The van der Waals surface area contributed by atoms with Crippen LogP contribution in [-0.4, -0.2) is 47.8 Å². The van der Waals surface area contributed by atoms with E-state index in [1.165, 1.54) is 31.1 Å². The number of thiazole rings is 1. The van der Waals surface area contributed by atoms with Gasteiger partial charge in [-0.3, -0.25) is 4.79 Å². The Kier molecular flexibility index (Phi) is 5.96. The lowest BCUT2D eigenvalue weighted by Gasteiger charge is -2.35. The van der Waals surface area contributed by atoms with Crippen LogP contribution >= 0.6 is 11.3 Å². The van der Waals surface area contributed by atoms with Gasteiger partial charge in [0.15, 0.2) is 4.83 Å². The highest BCUT2D eigenvalue weighted by molar-refractivity contribution is 7.19. The van der Waals surface area contributed by atoms with Crippen LogP contribution in [0.25, 0.3) is 10.3 Å². The summed E-state index contributed by atoms with van der Waals surface area (Å²) in [4.78, 5) is 20.9. The van der Waals surface area contributed by atoms with Crippen LogP contribution in [0.1, 0.15) is 39.5 Å². The van der Waals surface area contributed by atoms with Gasteiger partial charge in [-0.15, -0.1) is 0 Å². The fourth-order valence-corrected chi connectivity index (χ4v) is 4.01. The number of hydrogen-bond donors (Lipinski definition) is 1. The topological polar surface area (TPSA) is 82.6 Å². The maximum absolute atomic E-state index is 11.0. The minimum absolute atomic E-state index is 0.0250. The second kappa shape index (κ2) is 8.61. The number of fused-ring (bicyclic) bond motifs is 1. The highest BCUT2D eigenvalue weighted by atomic mass is 32.1. The van der Waals surface area contributed by atoms with Crippen LogP contribution in [0, 0.1) is 11.8 Å². The summed E-state index contributed by atoms with van der Waals surface area (Å²) in [5.41, 5.74) is 0.855. The first kappa shape index (κ1) is 19.4. The number of nitrogens with one attached hydrogen (secondary N) is 1. The zero-order valence-electron chi connectivity index (χ0n) is 16.3. The van der Waals surface area contributed by atoms with Crippen molar-refractivity contribution in [2.45, 2.75) is 51.7 Å². The number of rotatable bonds is 10. The SMILES string of the molecule is CC(=O)N[C@@H](C)COC1CC(COc2ccc3nc(OCC4CC4)sc3n2)C1. The Morgan fingerprint density at radius 1 is 1.21 bits per heavy atom. The number of pyridine rings is 1. The average molecular weight is 406 g/mol. The molecule has 0 bridgehead atoms. The summed E-state index contributed by atoms with van der Waals surface area (Å²) in [5, 5.41) is 3.52. The van der Waals surface area contributed by atoms with E-state index in [2.05, 4.69) is 15.3 Å². The van der Waals surface area contributed by atoms with Crippen molar-refractivity contribution >= 4 is 27.6 Å². The molecule has 8 heteroatoms. The summed E-state index contributed by atoms with van der Waals surface area (Å²) in [6.45, 7) is 5.42. The van der Waals surface area contributed by atoms with Gasteiger partial charge >= 0.3 is 0 Å². The lowest BCUT2D eigenvalue weighted by Crippen LogP contribution is -2.40. The number of aromatic nitrogens is 2. The second-order valence-corrected chi connectivity index (χ2v) is 8.85. The van der Waals surface area contributed by atoms with Crippen LogP contribution in [0.15, 0.2) is 12.1 Å². The predicted molar refractivity (Wildman–Crippen MR) is 107 cm³/mol. The fraction of sp³-hybridized carbons (Fsp3) is 0.650. The normalized spacial score (nSPS) is 22.5. The van der Waals surface area contributed by atoms with E-state index >= 15 is 0 Å². The lowest BCUT2D eigenvalue weighted by molar-refractivity contribution is -0.120. The Morgan fingerprint density at radius 3 is 2.75 bits per heavy atom. The van der Waals surface area contributed by atoms with Crippen LogP contribution in [0.3, 0.4) is 0 Å². The minimum atomic E-state index is -0.0250. The molecule has 0 spiro atoms. The molecule has 2 fully saturated rings. The van der Waals surface area contributed by atoms with Gasteiger partial charge in [-0.25, -0.2) is 9.97 Å². The Morgan fingerprint density at radius 2 is 2.00 bits per heavy atom. The molecule has 1 atom stereocenters. The smallest absolute Gasteiger partial charge is 0.275 e. The molecule has 0 aliphatic heterocycles. The van der Waals surface area contributed by atoms with E-state index in [1.54, 1.807) is 0 Å². The highest BCUT2D eigenvalue weighted by Gasteiger charge is 2.31. The maximum Gasteiger partial charge on any atom is 0.275 e. The van der Waals surface area contributed by atoms with Gasteiger partial charge in [0.1, 0.15) is 5.52 Å². The van der Waals surface area contributed by atoms with Crippen molar-refractivity contribution in [3.8, 4) is 11.1 Å². The number of nitrogens with zero attached hydrogens (tertiary/aromatic N) is 2. The number of carbonyl (C=O) groups excluding carboxylic acids is 1. The Balaban J connectivity index is 1.18. The third-order valence-corrected chi connectivity index (χ3v) is 5.92. The number of carbonyl (C=O) groups is 1. The van der Waals surface area contributed by atoms with Gasteiger partial charge in [-0.2, -0.15) is 0 Å². The van der Waals surface area contributed by atoms with Crippen molar-refractivity contribution in [1.82, 2.24) is 15.3 Å². The monoisotopic (exact) mass is 405 g/mol. The molecule has 0 aromatic carbocycles. The average Bonchev–Trinajstić information content (AvgIpc) is 3.35. The van der Waals surface area contributed by atoms with Crippen molar-refractivity contribution in [3.05, 3.63) is 12.1 Å². The number of hydrogen-bond acceptors (Lipinski definition) is 7. The van der Waals surface area contributed by atoms with E-state index in [0.717, 1.165) is 29.8 Å². The van der Waals surface area contributed by atoms with Gasteiger partial charge < -0.3 is 19.5 Å². The molecule has 1 amide bonds. The number of ether oxygens (including phenoxy) is 3. The van der Waals surface area contributed by atoms with Crippen LogP contribution in [0.5, 0.6) is 11.1 Å². The summed E-state index contributed by atoms with van der Waals surface area (Å²) in [5.74, 6) is 1.80. The first-order valence-electron chi connectivity index (χ1n) is 9.97. The second-order valence-electron chi connectivity index (χ2n) is 7.91. The molecule has 28 heavy (non-hydrogen) atoms. The summed E-state index contributed by atoms with van der Waals surface area (Å²) in [6.07, 6.45) is 4.75. The zero-order chi connectivity index (χ0) is 19.5. The minimum Gasteiger partial charge on any atom is -0.477 e. The predicted octanol–water partition coefficient (Wildman–Crippen LogP) is 3.18. The van der Waals surface area contributed by atoms with Crippen molar-refractivity contribution in [2.75, 3.05) is 19.8 Å². The first-order chi connectivity index (χ1) is 13.5. The number of amides is 1. The molecule has 2 saturated carbocycles. The third kappa shape index (κ3) is 5.32. The lowest BCUT2D eigenvalue weighted by atomic mass is 9.83. The van der Waals surface area contributed by atoms with Gasteiger partial charge in [0.2, 0.25) is 11.8 Å². The molecule has 2 aliphatic rings. The molecule has 2 aromatic heterocycles. The van der Waals surface area contributed by atoms with Gasteiger partial charge in [0.25, 0.3) is 5.19 Å². The summed E-state index contributed by atoms with van der Waals surface area (Å²) in [6, 6.07) is 3.85. The van der Waals surface area contributed by atoms with E-state index < -0.39 is 0 Å². The largest absolute Gasteiger partial charge is 0.477 e. The molecule has 2 aliphatic carbocycles. The van der Waals surface area contributed by atoms with Crippen LogP contribution in [-0.2, 0) is 9.53 Å². The van der Waals surface area contributed by atoms with E-state index in [-0.39, 0.29) is 18.1 Å². The van der Waals surface area contributed by atoms with E-state index in [0.29, 0.717) is 36.1 Å². The molecule has 2 heterocycles. The van der Waals surface area contributed by atoms with E-state index in [4.69, 9.17) is 14.2 Å². The Bertz CT molecular complexity index is 817. The molecular weight excluding hydrogens is 378 g/mol. The fourth-order valence-electron chi connectivity index (χ4n) is 3.21. The first-order valence-corrected chi connectivity index (χ1v) is 10.8. The molecule has 0 radical (unpaired) electrons. The summed E-state index contributed by atoms with van der Waals surface area (Å²) >= 11 is 1.47. The van der Waals surface area contributed by atoms with Crippen LogP contribution < -0.4 is 14.8 Å². The molecular formula is C20H27N3O4S. The maximum atomic E-state index is 11.0. The Labute approximate surface area is 168 Å². The van der Waals surface area contributed by atoms with Gasteiger partial charge in [0.05, 0.1) is 25.9 Å². The molecule has 0 unspecified atom stereocenters. The van der Waals surface area contributed by atoms with Gasteiger partial charge in [0, 0.05) is 19.0 Å². The van der Waals surface area contributed by atoms with Crippen molar-refractivity contribution in [3.63, 3.8) is 0 Å². The highest BCUT2D eigenvalue weighted by Crippen LogP contribution is 2.33. The summed E-state index contributed by atoms with van der Waals surface area (Å²) < 4.78 is 17.4. The van der Waals surface area contributed by atoms with Crippen molar-refractivity contribution < 1.29 is 19.0 Å². The summed E-state index contributed by atoms with van der Waals surface area (Å²) in [7, 11) is 0. The van der Waals surface area contributed by atoms with E-state index in [1.807, 2.05) is 19.1 Å². The van der Waals surface area contributed by atoms with Gasteiger partial charge in [-0.05, 0) is 50.5 Å². The molecule has 0 saturated heterocycles. The van der Waals surface area contributed by atoms with Crippen molar-refractivity contribution in [2.24, 2.45) is 11.8 Å². The zero-order valence-corrected chi connectivity index (χ0v) is 17.2.